The molecule has 1 aliphatic heterocycles. The lowest BCUT2D eigenvalue weighted by molar-refractivity contribution is 0.163. The van der Waals surface area contributed by atoms with Crippen LogP contribution in [-0.4, -0.2) is 53.9 Å². The smallest absolute Gasteiger partial charge is 0.243 e. The summed E-state index contributed by atoms with van der Waals surface area (Å²) in [4.78, 5) is 7.01. The third-order valence-corrected chi connectivity index (χ3v) is 6.83. The van der Waals surface area contributed by atoms with Crippen LogP contribution in [-0.2, 0) is 22.0 Å². The highest BCUT2D eigenvalue weighted by Gasteiger charge is 2.30. The van der Waals surface area contributed by atoms with E-state index in [-0.39, 0.29) is 5.41 Å². The van der Waals surface area contributed by atoms with Crippen LogP contribution in [0.1, 0.15) is 43.6 Å². The molecule has 0 amide bonds. The number of aryl methyl sites for hydroxylation is 2. The molecule has 0 aliphatic carbocycles. The lowest BCUT2D eigenvalue weighted by atomic mass is 9.96. The fraction of sp³-hybridized carbons (Fsp3) is 0.579. The number of nitrogens with zero attached hydrogens (tertiary/aromatic N) is 4. The van der Waals surface area contributed by atoms with E-state index in [1.807, 2.05) is 46.8 Å². The summed E-state index contributed by atoms with van der Waals surface area (Å²) in [6, 6.07) is 5.55. The van der Waals surface area contributed by atoms with E-state index in [0.29, 0.717) is 49.3 Å². The van der Waals surface area contributed by atoms with E-state index in [9.17, 15) is 8.42 Å². The number of sulfonamides is 1. The van der Waals surface area contributed by atoms with Crippen molar-refractivity contribution in [1.29, 1.82) is 0 Å². The molecule has 0 saturated carbocycles. The predicted octanol–water partition coefficient (Wildman–Crippen LogP) is 2.49. The second-order valence-corrected chi connectivity index (χ2v) is 10.1. The van der Waals surface area contributed by atoms with Crippen LogP contribution in [0.4, 0.5) is 0 Å². The normalized spacial score (nSPS) is 17.4. The quantitative estimate of drug-likeness (QED) is 0.795. The van der Waals surface area contributed by atoms with E-state index >= 15 is 0 Å². The van der Waals surface area contributed by atoms with Gasteiger partial charge in [0.1, 0.15) is 0 Å². The Bertz CT molecular complexity index is 907. The Morgan fingerprint density at radius 1 is 1.11 bits per heavy atom. The molecular formula is C19H28N4O3S. The lowest BCUT2D eigenvalue weighted by Gasteiger charge is -2.33. The molecule has 1 aromatic heterocycles. The molecule has 8 heteroatoms. The Labute approximate surface area is 161 Å². The molecule has 0 radical (unpaired) electrons. The first-order chi connectivity index (χ1) is 12.6. The van der Waals surface area contributed by atoms with Gasteiger partial charge in [0, 0.05) is 31.6 Å². The molecule has 0 N–H and O–H groups in total. The minimum Gasteiger partial charge on any atom is -0.338 e. The van der Waals surface area contributed by atoms with E-state index in [4.69, 9.17) is 4.52 Å². The first-order valence-corrected chi connectivity index (χ1v) is 10.6. The van der Waals surface area contributed by atoms with Gasteiger partial charge in [-0.3, -0.25) is 4.90 Å². The van der Waals surface area contributed by atoms with Crippen LogP contribution in [0.3, 0.4) is 0 Å². The minimum atomic E-state index is -3.47. The largest absolute Gasteiger partial charge is 0.338 e. The van der Waals surface area contributed by atoms with Crippen molar-refractivity contribution in [3.05, 3.63) is 41.0 Å². The molecule has 2 heterocycles. The number of benzene rings is 1. The van der Waals surface area contributed by atoms with Crippen LogP contribution in [0.15, 0.2) is 27.6 Å². The highest BCUT2D eigenvalue weighted by Crippen LogP contribution is 2.23. The van der Waals surface area contributed by atoms with Gasteiger partial charge in [-0.25, -0.2) is 8.42 Å². The third kappa shape index (κ3) is 4.39. The van der Waals surface area contributed by atoms with E-state index in [1.54, 1.807) is 10.4 Å². The van der Waals surface area contributed by atoms with Crippen molar-refractivity contribution >= 4 is 10.0 Å². The summed E-state index contributed by atoms with van der Waals surface area (Å²) in [6.45, 7) is 12.6. The first-order valence-electron chi connectivity index (χ1n) is 9.20. The molecule has 1 aromatic carbocycles. The van der Waals surface area contributed by atoms with Gasteiger partial charge < -0.3 is 4.52 Å². The van der Waals surface area contributed by atoms with Crippen LogP contribution in [0.25, 0.3) is 0 Å². The SMILES string of the molecule is Cc1ccc(C)c(S(=O)(=O)N2CCN(Cc3nc(C(C)(C)C)no3)CC2)c1. The monoisotopic (exact) mass is 392 g/mol. The van der Waals surface area contributed by atoms with E-state index in [0.717, 1.165) is 11.1 Å². The Kier molecular flexibility index (Phi) is 5.42. The van der Waals surface area contributed by atoms with E-state index < -0.39 is 10.0 Å². The molecular weight excluding hydrogens is 364 g/mol. The molecule has 1 fully saturated rings. The van der Waals surface area contributed by atoms with Crippen molar-refractivity contribution in [2.24, 2.45) is 0 Å². The van der Waals surface area contributed by atoms with Gasteiger partial charge in [0.25, 0.3) is 0 Å². The predicted molar refractivity (Wildman–Crippen MR) is 103 cm³/mol. The summed E-state index contributed by atoms with van der Waals surface area (Å²) in [5, 5.41) is 4.05. The second-order valence-electron chi connectivity index (χ2n) is 8.21. The summed E-state index contributed by atoms with van der Waals surface area (Å²) in [5.41, 5.74) is 1.58. The highest BCUT2D eigenvalue weighted by molar-refractivity contribution is 7.89. The van der Waals surface area contributed by atoms with Crippen LogP contribution >= 0.6 is 0 Å². The maximum atomic E-state index is 13.0. The number of rotatable bonds is 4. The van der Waals surface area contributed by atoms with E-state index in [2.05, 4.69) is 15.0 Å². The van der Waals surface area contributed by atoms with Crippen LogP contribution < -0.4 is 0 Å². The van der Waals surface area contributed by atoms with Crippen molar-refractivity contribution in [2.75, 3.05) is 26.2 Å². The van der Waals surface area contributed by atoms with Gasteiger partial charge in [0.2, 0.25) is 15.9 Å². The summed E-state index contributed by atoms with van der Waals surface area (Å²) < 4.78 is 32.9. The molecule has 1 saturated heterocycles. The maximum absolute atomic E-state index is 13.0. The van der Waals surface area contributed by atoms with Gasteiger partial charge in [-0.15, -0.1) is 0 Å². The fourth-order valence-corrected chi connectivity index (χ4v) is 4.80. The highest BCUT2D eigenvalue weighted by atomic mass is 32.2. The van der Waals surface area contributed by atoms with Gasteiger partial charge in [-0.2, -0.15) is 9.29 Å². The molecule has 3 rings (SSSR count). The molecule has 2 aromatic rings. The average molecular weight is 393 g/mol. The Morgan fingerprint density at radius 2 is 1.78 bits per heavy atom. The van der Waals surface area contributed by atoms with Crippen molar-refractivity contribution < 1.29 is 12.9 Å². The Morgan fingerprint density at radius 3 is 2.37 bits per heavy atom. The van der Waals surface area contributed by atoms with Crippen molar-refractivity contribution in [2.45, 2.75) is 51.5 Å². The van der Waals surface area contributed by atoms with Gasteiger partial charge in [-0.1, -0.05) is 38.1 Å². The molecule has 0 bridgehead atoms. The first kappa shape index (κ1) is 20.0. The van der Waals surface area contributed by atoms with Gasteiger partial charge >= 0.3 is 0 Å². The zero-order chi connectivity index (χ0) is 19.8. The van der Waals surface area contributed by atoms with Crippen LogP contribution in [0.5, 0.6) is 0 Å². The van der Waals surface area contributed by atoms with Gasteiger partial charge in [0.05, 0.1) is 11.4 Å². The molecule has 0 spiro atoms. The zero-order valence-electron chi connectivity index (χ0n) is 16.7. The molecule has 0 atom stereocenters. The van der Waals surface area contributed by atoms with Crippen molar-refractivity contribution in [1.82, 2.24) is 19.3 Å². The summed E-state index contributed by atoms with van der Waals surface area (Å²) in [6.07, 6.45) is 0. The number of piperazine rings is 1. The van der Waals surface area contributed by atoms with Gasteiger partial charge in [0.15, 0.2) is 5.82 Å². The van der Waals surface area contributed by atoms with E-state index in [1.165, 1.54) is 0 Å². The van der Waals surface area contributed by atoms with Crippen LogP contribution in [0, 0.1) is 13.8 Å². The fourth-order valence-electron chi connectivity index (χ4n) is 3.07. The summed E-state index contributed by atoms with van der Waals surface area (Å²) >= 11 is 0. The average Bonchev–Trinajstić information content (AvgIpc) is 3.06. The van der Waals surface area contributed by atoms with Crippen LogP contribution in [0.2, 0.25) is 0 Å². The summed E-state index contributed by atoms with van der Waals surface area (Å²) in [5.74, 6) is 1.26. The molecule has 27 heavy (non-hydrogen) atoms. The molecule has 0 unspecified atom stereocenters. The Hall–Kier alpha value is -1.77. The number of aromatic nitrogens is 2. The standard InChI is InChI=1S/C19H28N4O3S/c1-14-6-7-15(2)16(12-14)27(24,25)23-10-8-22(9-11-23)13-17-20-18(21-26-17)19(3,4)5/h6-7,12H,8-11,13H2,1-5H3. The summed E-state index contributed by atoms with van der Waals surface area (Å²) in [7, 11) is -3.47. The topological polar surface area (TPSA) is 79.5 Å². The zero-order valence-corrected chi connectivity index (χ0v) is 17.5. The molecule has 7 nitrogen and oxygen atoms in total. The van der Waals surface area contributed by atoms with Gasteiger partial charge in [-0.05, 0) is 31.0 Å². The van der Waals surface area contributed by atoms with Crippen molar-refractivity contribution in [3.63, 3.8) is 0 Å². The lowest BCUT2D eigenvalue weighted by Crippen LogP contribution is -2.48. The Balaban J connectivity index is 1.65. The molecule has 148 valence electrons. The molecule has 1 aliphatic rings. The van der Waals surface area contributed by atoms with Crippen molar-refractivity contribution in [3.8, 4) is 0 Å². The number of hydrogen-bond acceptors (Lipinski definition) is 6. The number of hydrogen-bond donors (Lipinski definition) is 0. The second kappa shape index (κ2) is 7.33. The minimum absolute atomic E-state index is 0.153. The maximum Gasteiger partial charge on any atom is 0.243 e. The third-order valence-electron chi connectivity index (χ3n) is 4.79.